The summed E-state index contributed by atoms with van der Waals surface area (Å²) in [7, 11) is 5.39. The quantitative estimate of drug-likeness (QED) is 0.458. The van der Waals surface area contributed by atoms with E-state index < -0.39 is 6.10 Å². The fraction of sp³-hybridized carbons (Fsp3) is 0.300. The molecule has 0 saturated heterocycles. The molecule has 10 nitrogen and oxygen atoms in total. The lowest BCUT2D eigenvalue weighted by Crippen LogP contribution is -2.31. The largest absolute Gasteiger partial charge is 0.392 e. The number of carbonyl (C=O) groups excluding carboxylic acids is 1. The number of aryl methyl sites for hydroxylation is 1. The average molecular weight is 411 g/mol. The monoisotopic (exact) mass is 411 g/mol. The van der Waals surface area contributed by atoms with Crippen LogP contribution in [-0.2, 0) is 7.05 Å². The molecule has 0 radical (unpaired) electrons. The Morgan fingerprint density at radius 3 is 2.73 bits per heavy atom. The van der Waals surface area contributed by atoms with E-state index in [1.54, 1.807) is 68.2 Å². The third kappa shape index (κ3) is 4.66. The first-order chi connectivity index (χ1) is 14.3. The van der Waals surface area contributed by atoms with Crippen molar-refractivity contribution in [2.45, 2.75) is 13.0 Å². The predicted molar refractivity (Wildman–Crippen MR) is 115 cm³/mol. The van der Waals surface area contributed by atoms with Crippen LogP contribution in [0.3, 0.4) is 0 Å². The Hall–Kier alpha value is -3.66. The van der Waals surface area contributed by atoms with Gasteiger partial charge in [0.2, 0.25) is 0 Å². The molecule has 3 aromatic rings. The van der Waals surface area contributed by atoms with Gasteiger partial charge in [0.1, 0.15) is 5.82 Å². The Bertz CT molecular complexity index is 1100. The number of nitrogens with one attached hydrogen (secondary N) is 3. The van der Waals surface area contributed by atoms with Crippen LogP contribution in [0, 0.1) is 0 Å². The van der Waals surface area contributed by atoms with Crippen molar-refractivity contribution in [3.8, 4) is 11.3 Å². The highest BCUT2D eigenvalue weighted by Gasteiger charge is 2.17. The Balaban J connectivity index is 2.02. The molecule has 0 aliphatic heterocycles. The van der Waals surface area contributed by atoms with Crippen LogP contribution in [0.2, 0.25) is 0 Å². The third-order valence-electron chi connectivity index (χ3n) is 4.35. The molecule has 4 N–H and O–H groups in total. The summed E-state index contributed by atoms with van der Waals surface area (Å²) in [6, 6.07) is 5.13. The minimum Gasteiger partial charge on any atom is -0.392 e. The molecule has 0 aliphatic rings. The van der Waals surface area contributed by atoms with Crippen molar-refractivity contribution in [3.05, 3.63) is 52.7 Å². The molecule has 1 unspecified atom stereocenters. The molecule has 158 valence electrons. The van der Waals surface area contributed by atoms with Gasteiger partial charge in [0.25, 0.3) is 11.5 Å². The predicted octanol–water partition coefficient (Wildman–Crippen LogP) is 1.09. The lowest BCUT2D eigenvalue weighted by atomic mass is 10.1. The summed E-state index contributed by atoms with van der Waals surface area (Å²) in [5, 5.41) is 19.6. The molecular formula is C20H25N7O3. The molecule has 0 aromatic carbocycles. The van der Waals surface area contributed by atoms with E-state index in [0.717, 1.165) is 0 Å². The number of hydrogen-bond acceptors (Lipinski definition) is 7. The van der Waals surface area contributed by atoms with Crippen LogP contribution in [0.5, 0.6) is 0 Å². The van der Waals surface area contributed by atoms with Gasteiger partial charge in [-0.3, -0.25) is 19.3 Å². The fourth-order valence-corrected chi connectivity index (χ4v) is 2.88. The molecule has 0 bridgehead atoms. The number of aromatic nitrogens is 4. The number of anilines is 3. The summed E-state index contributed by atoms with van der Waals surface area (Å²) in [4.78, 5) is 33.8. The van der Waals surface area contributed by atoms with Crippen LogP contribution in [-0.4, -0.2) is 57.5 Å². The van der Waals surface area contributed by atoms with Gasteiger partial charge in [-0.1, -0.05) is 0 Å². The summed E-state index contributed by atoms with van der Waals surface area (Å²) in [5.41, 5.74) is 2.09. The zero-order chi connectivity index (χ0) is 21.8. The summed E-state index contributed by atoms with van der Waals surface area (Å²) >= 11 is 0. The molecule has 0 fully saturated rings. The van der Waals surface area contributed by atoms with Crippen molar-refractivity contribution >= 4 is 23.1 Å². The number of aliphatic hydroxyl groups excluding tert-OH is 1. The maximum Gasteiger partial charge on any atom is 0.259 e. The van der Waals surface area contributed by atoms with E-state index in [4.69, 9.17) is 0 Å². The van der Waals surface area contributed by atoms with Gasteiger partial charge in [0.15, 0.2) is 0 Å². The molecule has 3 heterocycles. The second-order valence-corrected chi connectivity index (χ2v) is 7.15. The van der Waals surface area contributed by atoms with Crippen molar-refractivity contribution in [2.24, 2.45) is 7.05 Å². The lowest BCUT2D eigenvalue weighted by molar-refractivity contribution is 0.0924. The number of pyridine rings is 2. The van der Waals surface area contributed by atoms with Crippen LogP contribution in [0.15, 0.2) is 41.6 Å². The van der Waals surface area contributed by atoms with Crippen LogP contribution in [0.25, 0.3) is 11.3 Å². The van der Waals surface area contributed by atoms with E-state index in [1.807, 2.05) is 0 Å². The van der Waals surface area contributed by atoms with Gasteiger partial charge in [-0.25, -0.2) is 0 Å². The molecule has 1 amide bonds. The first-order valence-corrected chi connectivity index (χ1v) is 9.38. The molecular weight excluding hydrogens is 386 g/mol. The lowest BCUT2D eigenvalue weighted by Gasteiger charge is -2.20. The average Bonchev–Trinajstić information content (AvgIpc) is 3.13. The topological polar surface area (TPSA) is 128 Å². The second-order valence-electron chi connectivity index (χ2n) is 7.15. The van der Waals surface area contributed by atoms with Crippen LogP contribution in [0.4, 0.5) is 17.2 Å². The van der Waals surface area contributed by atoms with Crippen LogP contribution >= 0.6 is 0 Å². The van der Waals surface area contributed by atoms with Gasteiger partial charge in [0, 0.05) is 46.3 Å². The smallest absolute Gasteiger partial charge is 0.259 e. The van der Waals surface area contributed by atoms with Crippen molar-refractivity contribution < 1.29 is 9.90 Å². The van der Waals surface area contributed by atoms with Gasteiger partial charge in [0.05, 0.1) is 34.3 Å². The first-order valence-electron chi connectivity index (χ1n) is 9.38. The maximum absolute atomic E-state index is 12.6. The Kier molecular flexibility index (Phi) is 6.17. The molecule has 3 aromatic heterocycles. The van der Waals surface area contributed by atoms with Crippen molar-refractivity contribution in [2.75, 3.05) is 30.9 Å². The Morgan fingerprint density at radius 1 is 1.33 bits per heavy atom. The van der Waals surface area contributed by atoms with Gasteiger partial charge in [-0.2, -0.15) is 5.10 Å². The van der Waals surface area contributed by atoms with E-state index in [2.05, 4.69) is 25.7 Å². The van der Waals surface area contributed by atoms with E-state index in [0.29, 0.717) is 34.0 Å². The van der Waals surface area contributed by atoms with E-state index >= 15 is 0 Å². The van der Waals surface area contributed by atoms with Gasteiger partial charge in [-0.15, -0.1) is 0 Å². The Morgan fingerprint density at radius 2 is 2.10 bits per heavy atom. The summed E-state index contributed by atoms with van der Waals surface area (Å²) < 4.78 is 1.62. The van der Waals surface area contributed by atoms with Gasteiger partial charge in [-0.05, 0) is 25.1 Å². The minimum atomic E-state index is -0.664. The number of carbonyl (C=O) groups is 1. The number of rotatable bonds is 7. The van der Waals surface area contributed by atoms with Crippen molar-refractivity contribution in [3.63, 3.8) is 0 Å². The second kappa shape index (κ2) is 8.78. The summed E-state index contributed by atoms with van der Waals surface area (Å²) in [6.07, 6.45) is 4.10. The zero-order valence-electron chi connectivity index (χ0n) is 17.3. The first kappa shape index (κ1) is 21.1. The number of H-pyrrole nitrogens is 1. The maximum atomic E-state index is 12.6. The highest BCUT2D eigenvalue weighted by molar-refractivity contribution is 6.00. The molecule has 3 rings (SSSR count). The number of hydrogen-bond donors (Lipinski definition) is 4. The highest BCUT2D eigenvalue weighted by Crippen LogP contribution is 2.29. The van der Waals surface area contributed by atoms with Gasteiger partial charge >= 0.3 is 0 Å². The summed E-state index contributed by atoms with van der Waals surface area (Å²) in [5.74, 6) is 0.180. The molecule has 10 heteroatoms. The Labute approximate surface area is 173 Å². The van der Waals surface area contributed by atoms with Crippen molar-refractivity contribution in [1.82, 2.24) is 25.1 Å². The molecule has 1 atom stereocenters. The minimum absolute atomic E-state index is 0.124. The molecule has 30 heavy (non-hydrogen) atoms. The van der Waals surface area contributed by atoms with Gasteiger partial charge < -0.3 is 25.6 Å². The van der Waals surface area contributed by atoms with Crippen LogP contribution in [0.1, 0.15) is 17.3 Å². The zero-order valence-corrected chi connectivity index (χ0v) is 17.3. The third-order valence-corrected chi connectivity index (χ3v) is 4.35. The molecule has 0 spiro atoms. The summed E-state index contributed by atoms with van der Waals surface area (Å²) in [6.45, 7) is 1.71. The standard InChI is InChI=1S/C20H25N7O3/c1-12(28)10-22-19(29)14-11-21-7-5-15(14)23-17-9-13(16-6-8-27(4)25-16)20(30)24-18(17)26(2)3/h5-9,11-12,28H,10H2,1-4H3,(H,21,23)(H,22,29)(H,24,30). The SMILES string of the molecule is CC(O)CNC(=O)c1cnccc1Nc1cc(-c2ccn(C)n2)c(=O)[nH]c1N(C)C. The number of nitrogens with zero attached hydrogens (tertiary/aromatic N) is 4. The molecule has 0 saturated carbocycles. The highest BCUT2D eigenvalue weighted by atomic mass is 16.3. The fourth-order valence-electron chi connectivity index (χ4n) is 2.88. The van der Waals surface area contributed by atoms with E-state index in [-0.39, 0.29) is 18.0 Å². The van der Waals surface area contributed by atoms with E-state index in [9.17, 15) is 14.7 Å². The van der Waals surface area contributed by atoms with Crippen LogP contribution < -0.4 is 21.1 Å². The number of aromatic amines is 1. The number of amides is 1. The normalized spacial score (nSPS) is 11.8. The van der Waals surface area contributed by atoms with E-state index in [1.165, 1.54) is 6.20 Å². The van der Waals surface area contributed by atoms with Crippen molar-refractivity contribution in [1.29, 1.82) is 0 Å². The molecule has 0 aliphatic carbocycles. The number of aliphatic hydroxyl groups is 1.